The zero-order chi connectivity index (χ0) is 23.1. The minimum absolute atomic E-state index is 0.0136. The Morgan fingerprint density at radius 1 is 1.20 bits per heavy atom. The summed E-state index contributed by atoms with van der Waals surface area (Å²) in [5.74, 6) is 1.28. The maximum absolute atomic E-state index is 11.7. The van der Waals surface area contributed by atoms with Gasteiger partial charge in [0.05, 0.1) is 12.4 Å². The third kappa shape index (κ3) is 9.30. The zero-order valence-corrected chi connectivity index (χ0v) is 20.4. The highest BCUT2D eigenvalue weighted by Crippen LogP contribution is 2.28. The van der Waals surface area contributed by atoms with Gasteiger partial charge in [-0.2, -0.15) is 0 Å². The molecular formula is C27H44O3. The molecule has 0 aromatic heterocycles. The zero-order valence-electron chi connectivity index (χ0n) is 20.4. The first kappa shape index (κ1) is 28.1. The molecule has 1 aromatic rings. The van der Waals surface area contributed by atoms with Gasteiger partial charge in [0.2, 0.25) is 0 Å². The first-order chi connectivity index (χ1) is 14.3. The molecule has 3 heteroatoms. The first-order valence-electron chi connectivity index (χ1n) is 11.6. The van der Waals surface area contributed by atoms with Crippen molar-refractivity contribution in [1.82, 2.24) is 0 Å². The van der Waals surface area contributed by atoms with E-state index < -0.39 is 0 Å². The van der Waals surface area contributed by atoms with E-state index in [1.54, 1.807) is 6.92 Å². The molecule has 1 aromatic carbocycles. The van der Waals surface area contributed by atoms with Crippen LogP contribution < -0.4 is 0 Å². The molecule has 0 spiro atoms. The molecule has 30 heavy (non-hydrogen) atoms. The lowest BCUT2D eigenvalue weighted by molar-refractivity contribution is -0.113. The van der Waals surface area contributed by atoms with Crippen LogP contribution in [0.15, 0.2) is 36.6 Å². The third-order valence-corrected chi connectivity index (χ3v) is 5.49. The van der Waals surface area contributed by atoms with E-state index in [4.69, 9.17) is 4.74 Å². The van der Waals surface area contributed by atoms with Gasteiger partial charge >= 0.3 is 0 Å². The van der Waals surface area contributed by atoms with E-state index in [1.165, 1.54) is 43.9 Å². The lowest BCUT2D eigenvalue weighted by Gasteiger charge is -2.25. The topological polar surface area (TPSA) is 46.5 Å². The van der Waals surface area contributed by atoms with E-state index in [-0.39, 0.29) is 11.9 Å². The Labute approximate surface area is 185 Å². The van der Waals surface area contributed by atoms with Crippen molar-refractivity contribution < 1.29 is 14.6 Å². The summed E-state index contributed by atoms with van der Waals surface area (Å²) in [5, 5.41) is 9.48. The normalized spacial score (nSPS) is 15.5. The van der Waals surface area contributed by atoms with Crippen molar-refractivity contribution in [3.8, 4) is 0 Å². The van der Waals surface area contributed by atoms with E-state index in [2.05, 4.69) is 19.6 Å². The fourth-order valence-corrected chi connectivity index (χ4v) is 3.87. The minimum atomic E-state index is -0.0136. The molecule has 1 fully saturated rings. The molecule has 0 radical (unpaired) electrons. The van der Waals surface area contributed by atoms with Crippen molar-refractivity contribution in [2.45, 2.75) is 99.5 Å². The summed E-state index contributed by atoms with van der Waals surface area (Å²) in [4.78, 5) is 11.7. The molecule has 0 bridgehead atoms. The summed E-state index contributed by atoms with van der Waals surface area (Å²) in [6.07, 6.45) is 9.50. The Morgan fingerprint density at radius 2 is 1.80 bits per heavy atom. The number of hydrogen-bond donors (Lipinski definition) is 1. The molecule has 1 atom stereocenters. The van der Waals surface area contributed by atoms with Crippen LogP contribution in [0, 0.1) is 19.8 Å². The molecule has 1 N–H and O–H groups in total. The van der Waals surface area contributed by atoms with Crippen molar-refractivity contribution in [3.63, 3.8) is 0 Å². The number of Topliss-reactive ketones (excluding diaryl/α,β-unsaturated/α-hetero) is 1. The van der Waals surface area contributed by atoms with Gasteiger partial charge in [-0.15, -0.1) is 0 Å². The largest absolute Gasteiger partial charge is 0.465 e. The van der Waals surface area contributed by atoms with Gasteiger partial charge in [-0.05, 0) is 57.9 Å². The molecule has 0 amide bonds. The molecule has 1 saturated carbocycles. The molecule has 1 aliphatic carbocycles. The summed E-state index contributed by atoms with van der Waals surface area (Å²) in [6.45, 7) is 17.2. The monoisotopic (exact) mass is 416 g/mol. The van der Waals surface area contributed by atoms with Crippen molar-refractivity contribution in [2.75, 3.05) is 0 Å². The number of carbonyl (C=O) groups excluding carboxylic acids is 1. The van der Waals surface area contributed by atoms with Crippen LogP contribution >= 0.6 is 0 Å². The van der Waals surface area contributed by atoms with Crippen LogP contribution in [0.25, 0.3) is 5.76 Å². The molecule has 0 saturated heterocycles. The van der Waals surface area contributed by atoms with Crippen molar-refractivity contribution in [3.05, 3.63) is 53.3 Å². The quantitative estimate of drug-likeness (QED) is 0.369. The van der Waals surface area contributed by atoms with Gasteiger partial charge < -0.3 is 9.84 Å². The van der Waals surface area contributed by atoms with Crippen molar-refractivity contribution >= 4 is 11.5 Å². The lowest BCUT2D eigenvalue weighted by Crippen LogP contribution is -2.21. The summed E-state index contributed by atoms with van der Waals surface area (Å²) in [5.41, 5.74) is 3.93. The molecule has 3 nitrogen and oxygen atoms in total. The summed E-state index contributed by atoms with van der Waals surface area (Å²) < 4.78 is 5.49. The Bertz CT molecular complexity index is 667. The number of carbonyl (C=O) groups is 1. The predicted molar refractivity (Wildman–Crippen MR) is 129 cm³/mol. The van der Waals surface area contributed by atoms with Crippen LogP contribution in [0.1, 0.15) is 96.3 Å². The highest BCUT2D eigenvalue weighted by molar-refractivity contribution is 6.00. The molecule has 0 heterocycles. The summed E-state index contributed by atoms with van der Waals surface area (Å²) in [6, 6.07) is 6.08. The fourth-order valence-electron chi connectivity index (χ4n) is 3.87. The van der Waals surface area contributed by atoms with Crippen LogP contribution in [-0.2, 0) is 9.53 Å². The van der Waals surface area contributed by atoms with Crippen LogP contribution in [0.5, 0.6) is 0 Å². The second kappa shape index (κ2) is 15.9. The smallest absolute Gasteiger partial charge is 0.159 e. The van der Waals surface area contributed by atoms with E-state index in [0.717, 1.165) is 17.5 Å². The van der Waals surface area contributed by atoms with Crippen LogP contribution in [0.2, 0.25) is 0 Å². The molecule has 0 aliphatic heterocycles. The van der Waals surface area contributed by atoms with E-state index in [0.29, 0.717) is 23.7 Å². The van der Waals surface area contributed by atoms with Gasteiger partial charge in [0.25, 0.3) is 0 Å². The van der Waals surface area contributed by atoms with Crippen molar-refractivity contribution in [2.24, 2.45) is 5.92 Å². The second-order valence-electron chi connectivity index (χ2n) is 7.69. The second-order valence-corrected chi connectivity index (χ2v) is 7.69. The Morgan fingerprint density at radius 3 is 2.23 bits per heavy atom. The number of benzene rings is 1. The highest BCUT2D eigenvalue weighted by Gasteiger charge is 2.19. The minimum Gasteiger partial charge on any atom is -0.465 e. The van der Waals surface area contributed by atoms with Crippen molar-refractivity contribution in [1.29, 1.82) is 0 Å². The highest BCUT2D eigenvalue weighted by atomic mass is 16.5. The van der Waals surface area contributed by atoms with Gasteiger partial charge in [0, 0.05) is 11.1 Å². The van der Waals surface area contributed by atoms with Crippen LogP contribution in [0.4, 0.5) is 0 Å². The number of aliphatic hydroxyl groups is 1. The number of allylic oxidation sites excluding steroid dienone is 1. The van der Waals surface area contributed by atoms with E-state index in [1.807, 2.05) is 46.8 Å². The summed E-state index contributed by atoms with van der Waals surface area (Å²) >= 11 is 0. The number of rotatable bonds is 7. The number of ketones is 1. The molecule has 1 unspecified atom stereocenters. The average Bonchev–Trinajstić information content (AvgIpc) is 2.75. The number of ether oxygens (including phenoxy) is 1. The Hall–Kier alpha value is -1.87. The predicted octanol–water partition coefficient (Wildman–Crippen LogP) is 7.54. The number of aryl methyl sites for hydroxylation is 2. The van der Waals surface area contributed by atoms with Crippen LogP contribution in [-0.4, -0.2) is 17.0 Å². The SMILES string of the molecule is C=CO/C(=C(\CC)C(C)=O)c1ccc(C)cc1C.CC.CCC(O)C1CCCCC1. The molecule has 170 valence electrons. The first-order valence-corrected chi connectivity index (χ1v) is 11.6. The number of aliphatic hydroxyl groups excluding tert-OH is 1. The van der Waals surface area contributed by atoms with E-state index in [9.17, 15) is 9.90 Å². The van der Waals surface area contributed by atoms with Gasteiger partial charge in [-0.1, -0.05) is 77.3 Å². The molecular weight excluding hydrogens is 372 g/mol. The number of hydrogen-bond acceptors (Lipinski definition) is 3. The van der Waals surface area contributed by atoms with Gasteiger partial charge in [-0.3, -0.25) is 4.79 Å². The van der Waals surface area contributed by atoms with Crippen LogP contribution in [0.3, 0.4) is 0 Å². The third-order valence-electron chi connectivity index (χ3n) is 5.49. The van der Waals surface area contributed by atoms with E-state index >= 15 is 0 Å². The fraction of sp³-hybridized carbons (Fsp3) is 0.593. The standard InChI is InChI=1S/C16H20O2.C9H18O.C2H6/c1-6-14(13(5)17)16(18-7-2)15-9-8-11(3)10-12(15)4;1-2-9(10)8-6-4-3-5-7-8;1-2/h7-10H,2,6H2,1,3-5H3;8-10H,2-7H2,1H3;1-2H3/b16-14+;;. The van der Waals surface area contributed by atoms with Gasteiger partial charge in [0.15, 0.2) is 5.78 Å². The van der Waals surface area contributed by atoms with Gasteiger partial charge in [-0.25, -0.2) is 0 Å². The van der Waals surface area contributed by atoms with Gasteiger partial charge in [0.1, 0.15) is 5.76 Å². The average molecular weight is 417 g/mol. The lowest BCUT2D eigenvalue weighted by atomic mass is 9.84. The molecule has 1 aliphatic rings. The molecule has 2 rings (SSSR count). The maximum atomic E-state index is 11.7. The Balaban J connectivity index is 0.000000590. The maximum Gasteiger partial charge on any atom is 0.159 e. The Kier molecular flexibility index (Phi) is 14.9. The summed E-state index contributed by atoms with van der Waals surface area (Å²) in [7, 11) is 0.